The number of nitrogens with one attached hydrogen (secondary N) is 1. The summed E-state index contributed by atoms with van der Waals surface area (Å²) >= 11 is 0. The third-order valence-electron chi connectivity index (χ3n) is 5.99. The van der Waals surface area contributed by atoms with E-state index >= 15 is 0 Å². The number of benzene rings is 1. The lowest BCUT2D eigenvalue weighted by Crippen LogP contribution is -2.35. The monoisotopic (exact) mass is 381 g/mol. The van der Waals surface area contributed by atoms with Gasteiger partial charge < -0.3 is 24.4 Å². The van der Waals surface area contributed by atoms with Crippen LogP contribution in [0.25, 0.3) is 0 Å². The molecule has 4 heterocycles. The molecular weight excluding hydrogens is 358 g/mol. The number of rotatable bonds is 4. The lowest BCUT2D eigenvalue weighted by molar-refractivity contribution is 0.0747. The Bertz CT molecular complexity index is 854. The molecule has 3 saturated heterocycles. The second-order valence-electron chi connectivity index (χ2n) is 7.62. The van der Waals surface area contributed by atoms with Crippen LogP contribution in [0.15, 0.2) is 42.6 Å². The first-order chi connectivity index (χ1) is 13.7. The summed E-state index contributed by atoms with van der Waals surface area (Å²) in [7, 11) is 1.61. The minimum atomic E-state index is -0.0722. The number of likely N-dealkylation sites (tertiary alicyclic amines) is 1. The van der Waals surface area contributed by atoms with Crippen LogP contribution < -0.4 is 14.8 Å². The van der Waals surface area contributed by atoms with Gasteiger partial charge in [0, 0.05) is 37.1 Å². The molecule has 5 rings (SSSR count). The Labute approximate surface area is 163 Å². The molecule has 3 aliphatic heterocycles. The predicted molar refractivity (Wildman–Crippen MR) is 103 cm³/mol. The molecule has 0 aliphatic carbocycles. The summed E-state index contributed by atoms with van der Waals surface area (Å²) in [5, 5.41) is 2.94. The number of aromatic nitrogens is 1. The fraction of sp³-hybridized carbons (Fsp3) is 0.429. The highest BCUT2D eigenvalue weighted by Gasteiger charge is 2.53. The normalized spacial score (nSPS) is 27.5. The van der Waals surface area contributed by atoms with Gasteiger partial charge in [-0.05, 0) is 31.0 Å². The van der Waals surface area contributed by atoms with Gasteiger partial charge in [-0.1, -0.05) is 6.07 Å². The van der Waals surface area contributed by atoms with Crippen LogP contribution in [0.3, 0.4) is 0 Å². The number of hydrogen-bond donors (Lipinski definition) is 1. The number of anilines is 1. The number of ether oxygens (including phenoxy) is 3. The van der Waals surface area contributed by atoms with E-state index in [1.54, 1.807) is 31.5 Å². The van der Waals surface area contributed by atoms with E-state index in [0.717, 1.165) is 31.7 Å². The van der Waals surface area contributed by atoms with Crippen LogP contribution in [0.1, 0.15) is 12.8 Å². The van der Waals surface area contributed by atoms with Crippen molar-refractivity contribution in [2.24, 2.45) is 11.8 Å². The minimum Gasteiger partial charge on any atom is -0.497 e. The van der Waals surface area contributed by atoms with E-state index in [9.17, 15) is 4.79 Å². The maximum Gasteiger partial charge on any atom is 0.321 e. The maximum atomic E-state index is 12.6. The van der Waals surface area contributed by atoms with E-state index < -0.39 is 0 Å². The Morgan fingerprint density at radius 1 is 1.14 bits per heavy atom. The molecule has 3 aliphatic rings. The molecule has 3 fully saturated rings. The highest BCUT2D eigenvalue weighted by molar-refractivity contribution is 5.89. The molecule has 28 heavy (non-hydrogen) atoms. The SMILES string of the molecule is COc1cccc(Oc2ccc(NC(=O)N3CC4C5CCC(O5)C4C3)cn2)c1. The van der Waals surface area contributed by atoms with Gasteiger partial charge in [-0.25, -0.2) is 9.78 Å². The van der Waals surface area contributed by atoms with Gasteiger partial charge in [-0.15, -0.1) is 0 Å². The highest BCUT2D eigenvalue weighted by Crippen LogP contribution is 2.47. The molecule has 4 atom stereocenters. The molecule has 2 bridgehead atoms. The molecule has 0 spiro atoms. The van der Waals surface area contributed by atoms with Crippen molar-refractivity contribution in [1.29, 1.82) is 0 Å². The zero-order chi connectivity index (χ0) is 19.1. The van der Waals surface area contributed by atoms with Gasteiger partial charge >= 0.3 is 6.03 Å². The van der Waals surface area contributed by atoms with Crippen molar-refractivity contribution >= 4 is 11.7 Å². The van der Waals surface area contributed by atoms with Crippen LogP contribution in [-0.4, -0.2) is 48.3 Å². The molecular formula is C21H23N3O4. The lowest BCUT2D eigenvalue weighted by atomic mass is 9.82. The summed E-state index contributed by atoms with van der Waals surface area (Å²) in [5.41, 5.74) is 0.652. The smallest absolute Gasteiger partial charge is 0.321 e. The summed E-state index contributed by atoms with van der Waals surface area (Å²) < 4.78 is 16.9. The summed E-state index contributed by atoms with van der Waals surface area (Å²) in [6.07, 6.45) is 4.59. The first-order valence-electron chi connectivity index (χ1n) is 9.69. The topological polar surface area (TPSA) is 72.9 Å². The zero-order valence-corrected chi connectivity index (χ0v) is 15.7. The average Bonchev–Trinajstić information content (AvgIpc) is 3.43. The highest BCUT2D eigenvalue weighted by atomic mass is 16.5. The Hall–Kier alpha value is -2.80. The van der Waals surface area contributed by atoms with Gasteiger partial charge in [-0.3, -0.25) is 0 Å². The molecule has 2 amide bonds. The Morgan fingerprint density at radius 3 is 2.57 bits per heavy atom. The van der Waals surface area contributed by atoms with Gasteiger partial charge in [0.1, 0.15) is 11.5 Å². The van der Waals surface area contributed by atoms with Crippen molar-refractivity contribution < 1.29 is 19.0 Å². The quantitative estimate of drug-likeness (QED) is 0.877. The van der Waals surface area contributed by atoms with Crippen LogP contribution in [0.5, 0.6) is 17.4 Å². The molecule has 4 unspecified atom stereocenters. The van der Waals surface area contributed by atoms with Crippen molar-refractivity contribution in [3.8, 4) is 17.4 Å². The summed E-state index contributed by atoms with van der Waals surface area (Å²) in [4.78, 5) is 18.8. The number of urea groups is 1. The van der Waals surface area contributed by atoms with E-state index in [1.165, 1.54) is 0 Å². The predicted octanol–water partition coefficient (Wildman–Crippen LogP) is 3.52. The number of methoxy groups -OCH3 is 1. The van der Waals surface area contributed by atoms with Crippen LogP contribution in [0, 0.1) is 11.8 Å². The Balaban J connectivity index is 1.19. The van der Waals surface area contributed by atoms with E-state index in [2.05, 4.69) is 10.3 Å². The van der Waals surface area contributed by atoms with Crippen LogP contribution in [0.2, 0.25) is 0 Å². The van der Waals surface area contributed by atoms with Crippen LogP contribution in [-0.2, 0) is 4.74 Å². The van der Waals surface area contributed by atoms with Gasteiger partial charge in [0.05, 0.1) is 31.2 Å². The fourth-order valence-corrected chi connectivity index (χ4v) is 4.63. The number of nitrogens with zero attached hydrogens (tertiary/aromatic N) is 2. The van der Waals surface area contributed by atoms with Crippen molar-refractivity contribution in [3.05, 3.63) is 42.6 Å². The Morgan fingerprint density at radius 2 is 1.89 bits per heavy atom. The van der Waals surface area contributed by atoms with Gasteiger partial charge in [-0.2, -0.15) is 0 Å². The first kappa shape index (κ1) is 17.3. The second kappa shape index (κ2) is 6.98. The third kappa shape index (κ3) is 3.16. The number of carbonyl (C=O) groups excluding carboxylic acids is 1. The Kier molecular flexibility index (Phi) is 4.31. The number of fused-ring (bicyclic) bond motifs is 5. The van der Waals surface area contributed by atoms with Crippen LogP contribution in [0.4, 0.5) is 10.5 Å². The molecule has 7 heteroatoms. The molecule has 0 radical (unpaired) electrons. The summed E-state index contributed by atoms with van der Waals surface area (Å²) in [5.74, 6) is 2.82. The van der Waals surface area contributed by atoms with Crippen LogP contribution >= 0.6 is 0 Å². The molecule has 146 valence electrons. The summed E-state index contributed by atoms with van der Waals surface area (Å²) in [6.45, 7) is 1.56. The lowest BCUT2D eigenvalue weighted by Gasteiger charge is -2.19. The first-order valence-corrected chi connectivity index (χ1v) is 9.69. The van der Waals surface area contributed by atoms with Crippen molar-refractivity contribution in [3.63, 3.8) is 0 Å². The van der Waals surface area contributed by atoms with E-state index in [1.807, 2.05) is 23.1 Å². The fourth-order valence-electron chi connectivity index (χ4n) is 4.63. The second-order valence-corrected chi connectivity index (χ2v) is 7.62. The molecule has 2 aromatic rings. The van der Waals surface area contributed by atoms with E-state index in [0.29, 0.717) is 41.4 Å². The van der Waals surface area contributed by atoms with Gasteiger partial charge in [0.15, 0.2) is 0 Å². The van der Waals surface area contributed by atoms with Crippen molar-refractivity contribution in [2.45, 2.75) is 25.0 Å². The molecule has 0 saturated carbocycles. The summed E-state index contributed by atoms with van der Waals surface area (Å²) in [6, 6.07) is 10.8. The molecule has 1 aromatic carbocycles. The van der Waals surface area contributed by atoms with E-state index in [4.69, 9.17) is 14.2 Å². The number of amides is 2. The minimum absolute atomic E-state index is 0.0722. The van der Waals surface area contributed by atoms with Gasteiger partial charge in [0.25, 0.3) is 0 Å². The zero-order valence-electron chi connectivity index (χ0n) is 15.7. The van der Waals surface area contributed by atoms with Crippen molar-refractivity contribution in [2.75, 3.05) is 25.5 Å². The number of carbonyl (C=O) groups is 1. The number of hydrogen-bond acceptors (Lipinski definition) is 5. The molecule has 7 nitrogen and oxygen atoms in total. The van der Waals surface area contributed by atoms with Crippen molar-refractivity contribution in [1.82, 2.24) is 9.88 Å². The standard InChI is InChI=1S/C21H23N3O4/c1-26-14-3-2-4-15(9-14)27-20-8-5-13(10-22-20)23-21(25)24-11-16-17(12-24)19-7-6-18(16)28-19/h2-5,8-10,16-19H,6-7,11-12H2,1H3,(H,23,25). The largest absolute Gasteiger partial charge is 0.497 e. The average molecular weight is 381 g/mol. The number of pyridine rings is 1. The third-order valence-corrected chi connectivity index (χ3v) is 5.99. The molecule has 1 aromatic heterocycles. The molecule has 1 N–H and O–H groups in total. The van der Waals surface area contributed by atoms with Gasteiger partial charge in [0.2, 0.25) is 5.88 Å². The maximum absolute atomic E-state index is 12.6. The van der Waals surface area contributed by atoms with E-state index in [-0.39, 0.29) is 6.03 Å².